The van der Waals surface area contributed by atoms with E-state index in [1.54, 1.807) is 0 Å². The second kappa shape index (κ2) is 6.86. The van der Waals surface area contributed by atoms with Crippen molar-refractivity contribution in [3.05, 3.63) is 36.0 Å². The number of benzene rings is 1. The zero-order valence-corrected chi connectivity index (χ0v) is 14.1. The molecule has 5 nitrogen and oxygen atoms in total. The third-order valence-corrected chi connectivity index (χ3v) is 3.88. The van der Waals surface area contributed by atoms with E-state index in [2.05, 4.69) is 63.6 Å². The van der Waals surface area contributed by atoms with Gasteiger partial charge in [0.15, 0.2) is 0 Å². The minimum atomic E-state index is 0.310. The van der Waals surface area contributed by atoms with Crippen molar-refractivity contribution >= 4 is 23.1 Å². The second-order valence-electron chi connectivity index (χ2n) is 6.38. The Morgan fingerprint density at radius 3 is 2.39 bits per heavy atom. The summed E-state index contributed by atoms with van der Waals surface area (Å²) in [7, 11) is 0. The summed E-state index contributed by atoms with van der Waals surface area (Å²) in [6, 6.07) is 10.8. The Hall–Kier alpha value is -2.30. The van der Waals surface area contributed by atoms with Crippen molar-refractivity contribution in [3.8, 4) is 0 Å². The number of hydrogen-bond donors (Lipinski definition) is 2. The van der Waals surface area contributed by atoms with Crippen LogP contribution in [-0.2, 0) is 0 Å². The Morgan fingerprint density at radius 2 is 1.74 bits per heavy atom. The highest BCUT2D eigenvalue weighted by Crippen LogP contribution is 2.24. The lowest BCUT2D eigenvalue weighted by molar-refractivity contribution is 0.871. The molecule has 1 saturated heterocycles. The van der Waals surface area contributed by atoms with Gasteiger partial charge in [-0.1, -0.05) is 0 Å². The van der Waals surface area contributed by atoms with E-state index in [4.69, 9.17) is 0 Å². The van der Waals surface area contributed by atoms with Crippen LogP contribution in [0.25, 0.3) is 0 Å². The van der Waals surface area contributed by atoms with Gasteiger partial charge in [0.25, 0.3) is 0 Å². The molecule has 1 fully saturated rings. The van der Waals surface area contributed by atoms with Gasteiger partial charge in [0.2, 0.25) is 5.95 Å². The molecule has 1 aliphatic rings. The summed E-state index contributed by atoms with van der Waals surface area (Å²) in [4.78, 5) is 11.4. The maximum Gasteiger partial charge on any atom is 0.225 e. The quantitative estimate of drug-likeness (QED) is 0.875. The van der Waals surface area contributed by atoms with Crippen molar-refractivity contribution in [3.63, 3.8) is 0 Å². The van der Waals surface area contributed by atoms with E-state index >= 15 is 0 Å². The van der Waals surface area contributed by atoms with E-state index < -0.39 is 0 Å². The molecule has 0 amide bonds. The van der Waals surface area contributed by atoms with Crippen LogP contribution in [0.3, 0.4) is 0 Å². The fourth-order valence-electron chi connectivity index (χ4n) is 2.83. The molecule has 3 rings (SSSR count). The first-order valence-corrected chi connectivity index (χ1v) is 8.34. The Kier molecular flexibility index (Phi) is 4.65. The van der Waals surface area contributed by atoms with Gasteiger partial charge in [-0.2, -0.15) is 4.98 Å². The molecule has 0 saturated carbocycles. The number of hydrogen-bond acceptors (Lipinski definition) is 5. The molecule has 0 spiro atoms. The van der Waals surface area contributed by atoms with Crippen molar-refractivity contribution in [1.29, 1.82) is 0 Å². The summed E-state index contributed by atoms with van der Waals surface area (Å²) in [5.41, 5.74) is 3.29. The minimum Gasteiger partial charge on any atom is -0.372 e. The minimum absolute atomic E-state index is 0.310. The number of aromatic nitrogens is 2. The fourth-order valence-corrected chi connectivity index (χ4v) is 2.83. The van der Waals surface area contributed by atoms with Crippen LogP contribution in [0.5, 0.6) is 0 Å². The Morgan fingerprint density at radius 1 is 1.04 bits per heavy atom. The number of nitrogens with zero attached hydrogens (tertiary/aromatic N) is 3. The molecule has 0 bridgehead atoms. The van der Waals surface area contributed by atoms with Gasteiger partial charge in [-0.15, -0.1) is 0 Å². The largest absolute Gasteiger partial charge is 0.372 e. The molecule has 5 heteroatoms. The van der Waals surface area contributed by atoms with Gasteiger partial charge in [0.1, 0.15) is 5.82 Å². The maximum atomic E-state index is 4.53. The number of nitrogens with one attached hydrogen (secondary N) is 2. The van der Waals surface area contributed by atoms with Gasteiger partial charge in [0, 0.05) is 42.3 Å². The molecule has 0 aliphatic carbocycles. The zero-order chi connectivity index (χ0) is 16.2. The van der Waals surface area contributed by atoms with Crippen LogP contribution in [0.15, 0.2) is 30.3 Å². The van der Waals surface area contributed by atoms with Crippen molar-refractivity contribution in [2.75, 3.05) is 28.6 Å². The SMILES string of the molecule is Cc1cc(Nc2ccc(N3CCCC3)cc2)nc(NC(C)C)n1. The van der Waals surface area contributed by atoms with Crippen molar-refractivity contribution in [2.45, 2.75) is 39.7 Å². The maximum absolute atomic E-state index is 4.53. The summed E-state index contributed by atoms with van der Waals surface area (Å²) in [5, 5.41) is 6.62. The van der Waals surface area contributed by atoms with Crippen molar-refractivity contribution in [2.24, 2.45) is 0 Å². The lowest BCUT2D eigenvalue weighted by Crippen LogP contribution is -2.17. The van der Waals surface area contributed by atoms with E-state index in [1.165, 1.54) is 31.6 Å². The standard InChI is InChI=1S/C18H25N5/c1-13(2)19-18-20-14(3)12-17(22-18)21-15-6-8-16(9-7-15)23-10-4-5-11-23/h6-9,12-13H,4-5,10-11H2,1-3H3,(H2,19,20,21,22). The van der Waals surface area contributed by atoms with Crippen LogP contribution >= 0.6 is 0 Å². The normalized spacial score (nSPS) is 14.3. The average Bonchev–Trinajstić information content (AvgIpc) is 3.01. The van der Waals surface area contributed by atoms with Crippen molar-refractivity contribution in [1.82, 2.24) is 9.97 Å². The predicted octanol–water partition coefficient (Wildman–Crippen LogP) is 3.95. The first-order chi connectivity index (χ1) is 11.1. The molecular formula is C18H25N5. The van der Waals surface area contributed by atoms with Gasteiger partial charge < -0.3 is 15.5 Å². The molecule has 0 radical (unpaired) electrons. The van der Waals surface area contributed by atoms with Crippen LogP contribution in [0.1, 0.15) is 32.4 Å². The van der Waals surface area contributed by atoms with Crippen LogP contribution in [0, 0.1) is 6.92 Å². The summed E-state index contributed by atoms with van der Waals surface area (Å²) in [6.45, 7) is 8.48. The van der Waals surface area contributed by atoms with Crippen molar-refractivity contribution < 1.29 is 0 Å². The van der Waals surface area contributed by atoms with E-state index in [9.17, 15) is 0 Å². The number of anilines is 4. The fraction of sp³-hybridized carbons (Fsp3) is 0.444. The van der Waals surface area contributed by atoms with Gasteiger partial charge in [-0.25, -0.2) is 4.98 Å². The molecular weight excluding hydrogens is 286 g/mol. The lowest BCUT2D eigenvalue weighted by atomic mass is 10.2. The molecule has 122 valence electrons. The highest BCUT2D eigenvalue weighted by atomic mass is 15.2. The predicted molar refractivity (Wildman–Crippen MR) is 96.7 cm³/mol. The molecule has 1 aliphatic heterocycles. The summed E-state index contributed by atoms with van der Waals surface area (Å²) in [5.74, 6) is 1.48. The molecule has 0 unspecified atom stereocenters. The lowest BCUT2D eigenvalue weighted by Gasteiger charge is -2.18. The highest BCUT2D eigenvalue weighted by molar-refractivity contribution is 5.61. The van der Waals surface area contributed by atoms with Gasteiger partial charge in [-0.3, -0.25) is 0 Å². The van der Waals surface area contributed by atoms with E-state index in [0.717, 1.165) is 17.2 Å². The first-order valence-electron chi connectivity index (χ1n) is 8.34. The second-order valence-corrected chi connectivity index (χ2v) is 6.38. The summed E-state index contributed by atoms with van der Waals surface area (Å²) in [6.07, 6.45) is 2.59. The highest BCUT2D eigenvalue weighted by Gasteiger charge is 2.12. The zero-order valence-electron chi connectivity index (χ0n) is 14.1. The van der Waals surface area contributed by atoms with Crippen LogP contribution in [-0.4, -0.2) is 29.1 Å². The van der Waals surface area contributed by atoms with Gasteiger partial charge in [0.05, 0.1) is 0 Å². The Labute approximate surface area is 138 Å². The van der Waals surface area contributed by atoms with E-state index in [1.807, 2.05) is 13.0 Å². The van der Waals surface area contributed by atoms with Gasteiger partial charge in [-0.05, 0) is 57.9 Å². The Bertz CT molecular complexity index is 645. The molecule has 1 aromatic carbocycles. The third-order valence-electron chi connectivity index (χ3n) is 3.88. The monoisotopic (exact) mass is 311 g/mol. The molecule has 1 aromatic heterocycles. The number of aryl methyl sites for hydroxylation is 1. The van der Waals surface area contributed by atoms with Crippen LogP contribution in [0.2, 0.25) is 0 Å². The average molecular weight is 311 g/mol. The van der Waals surface area contributed by atoms with Gasteiger partial charge >= 0.3 is 0 Å². The van der Waals surface area contributed by atoms with Crippen LogP contribution < -0.4 is 15.5 Å². The van der Waals surface area contributed by atoms with E-state index in [-0.39, 0.29) is 0 Å². The topological polar surface area (TPSA) is 53.1 Å². The molecule has 2 heterocycles. The summed E-state index contributed by atoms with van der Waals surface area (Å²) >= 11 is 0. The molecule has 2 aromatic rings. The first kappa shape index (κ1) is 15.6. The Balaban J connectivity index is 1.72. The molecule has 0 atom stereocenters. The summed E-state index contributed by atoms with van der Waals surface area (Å²) < 4.78 is 0. The number of rotatable bonds is 5. The molecule has 23 heavy (non-hydrogen) atoms. The van der Waals surface area contributed by atoms with E-state index in [0.29, 0.717) is 12.0 Å². The molecule has 2 N–H and O–H groups in total. The third kappa shape index (κ3) is 4.12. The smallest absolute Gasteiger partial charge is 0.225 e. The van der Waals surface area contributed by atoms with Crippen LogP contribution in [0.4, 0.5) is 23.1 Å².